The van der Waals surface area contributed by atoms with Gasteiger partial charge in [0.2, 0.25) is 17.7 Å². The normalized spacial score (nSPS) is 30.1. The molecule has 154 valence electrons. The van der Waals surface area contributed by atoms with Crippen molar-refractivity contribution in [1.82, 2.24) is 10.2 Å². The Kier molecular flexibility index (Phi) is 4.84. The van der Waals surface area contributed by atoms with E-state index < -0.39 is 47.1 Å². The third kappa shape index (κ3) is 2.76. The van der Waals surface area contributed by atoms with E-state index in [0.717, 1.165) is 4.90 Å². The lowest BCUT2D eigenvalue weighted by Crippen LogP contribution is -2.53. The van der Waals surface area contributed by atoms with Crippen molar-refractivity contribution < 1.29 is 29.0 Å². The maximum Gasteiger partial charge on any atom is 0.303 e. The number of anilines is 1. The molecule has 3 amide bonds. The first-order valence-electron chi connectivity index (χ1n) is 9.27. The monoisotopic (exact) mass is 421 g/mol. The lowest BCUT2D eigenvalue weighted by molar-refractivity contribution is -0.144. The molecule has 3 N–H and O–H groups in total. The first-order valence-corrected chi connectivity index (χ1v) is 9.64. The van der Waals surface area contributed by atoms with Crippen molar-refractivity contribution in [1.29, 1.82) is 0 Å². The van der Waals surface area contributed by atoms with E-state index in [1.807, 2.05) is 0 Å². The van der Waals surface area contributed by atoms with Gasteiger partial charge in [-0.25, -0.2) is 0 Å². The highest BCUT2D eigenvalue weighted by Crippen LogP contribution is 2.54. The summed E-state index contributed by atoms with van der Waals surface area (Å²) in [6.07, 6.45) is -0.0842. The molecule has 3 aliphatic heterocycles. The highest BCUT2D eigenvalue weighted by atomic mass is 35.5. The van der Waals surface area contributed by atoms with Gasteiger partial charge in [-0.15, -0.1) is 0 Å². The number of halogens is 1. The number of likely N-dealkylation sites (tertiary alicyclic amines) is 1. The van der Waals surface area contributed by atoms with Gasteiger partial charge in [-0.3, -0.25) is 29.4 Å². The molecule has 0 unspecified atom stereocenters. The third-order valence-corrected chi connectivity index (χ3v) is 6.29. The summed E-state index contributed by atoms with van der Waals surface area (Å²) in [6, 6.07) is 4.35. The Balaban J connectivity index is 1.81. The molecule has 10 heteroatoms. The maximum absolute atomic E-state index is 13.3. The molecule has 1 aromatic rings. The lowest BCUT2D eigenvalue weighted by atomic mass is 9.76. The number of methoxy groups -OCH3 is 1. The number of nitrogens with one attached hydrogen (secondary N) is 2. The van der Waals surface area contributed by atoms with Crippen molar-refractivity contribution in [3.63, 3.8) is 0 Å². The van der Waals surface area contributed by atoms with E-state index in [-0.39, 0.29) is 26.0 Å². The van der Waals surface area contributed by atoms with E-state index in [2.05, 4.69) is 10.6 Å². The summed E-state index contributed by atoms with van der Waals surface area (Å²) < 4.78 is 5.00. The number of carbonyl (C=O) groups excluding carboxylic acids is 3. The van der Waals surface area contributed by atoms with E-state index in [1.165, 1.54) is 7.11 Å². The number of amides is 3. The summed E-state index contributed by atoms with van der Waals surface area (Å²) in [5.74, 6) is -4.19. The number of fused-ring (bicyclic) bond motifs is 4. The Hall–Kier alpha value is -2.49. The van der Waals surface area contributed by atoms with Crippen molar-refractivity contribution in [2.24, 2.45) is 11.8 Å². The molecule has 0 aliphatic carbocycles. The SMILES string of the molecule is COCCN1C(=O)[C@@H]2[C@H](CCC(=O)O)N[C@@]3(C(=O)Nc4c(Cl)cccc43)[C@@H]2C1=O. The minimum atomic E-state index is -1.47. The molecular formula is C19H20ClN3O6. The number of para-hydroxylation sites is 1. The molecule has 0 bridgehead atoms. The third-order valence-electron chi connectivity index (χ3n) is 5.98. The van der Waals surface area contributed by atoms with Crippen LogP contribution in [0.3, 0.4) is 0 Å². The maximum atomic E-state index is 13.3. The van der Waals surface area contributed by atoms with Gasteiger partial charge >= 0.3 is 5.97 Å². The average Bonchev–Trinajstić information content (AvgIpc) is 3.25. The number of ether oxygens (including phenoxy) is 1. The van der Waals surface area contributed by atoms with Crippen LogP contribution >= 0.6 is 11.6 Å². The molecule has 0 saturated carbocycles. The second kappa shape index (κ2) is 7.08. The van der Waals surface area contributed by atoms with E-state index in [1.54, 1.807) is 18.2 Å². The zero-order chi connectivity index (χ0) is 20.9. The minimum Gasteiger partial charge on any atom is -0.481 e. The van der Waals surface area contributed by atoms with Crippen LogP contribution in [0.4, 0.5) is 5.69 Å². The Labute approximate surface area is 171 Å². The number of rotatable bonds is 6. The zero-order valence-electron chi connectivity index (χ0n) is 15.6. The smallest absolute Gasteiger partial charge is 0.303 e. The molecule has 2 saturated heterocycles. The van der Waals surface area contributed by atoms with Gasteiger partial charge in [0.25, 0.3) is 0 Å². The van der Waals surface area contributed by atoms with Crippen LogP contribution in [0, 0.1) is 11.8 Å². The summed E-state index contributed by atoms with van der Waals surface area (Å²) in [7, 11) is 1.47. The molecule has 0 radical (unpaired) electrons. The van der Waals surface area contributed by atoms with Crippen molar-refractivity contribution in [2.75, 3.05) is 25.6 Å². The Morgan fingerprint density at radius 3 is 2.76 bits per heavy atom. The van der Waals surface area contributed by atoms with Crippen LogP contribution in [0.2, 0.25) is 5.02 Å². The Bertz CT molecular complexity index is 921. The Morgan fingerprint density at radius 2 is 2.07 bits per heavy atom. The van der Waals surface area contributed by atoms with Crippen molar-refractivity contribution >= 4 is 41.0 Å². The van der Waals surface area contributed by atoms with Gasteiger partial charge < -0.3 is 15.2 Å². The Morgan fingerprint density at radius 1 is 1.31 bits per heavy atom. The number of carboxylic acid groups (broad SMARTS) is 1. The van der Waals surface area contributed by atoms with E-state index in [4.69, 9.17) is 21.4 Å². The predicted molar refractivity (Wildman–Crippen MR) is 101 cm³/mol. The highest BCUT2D eigenvalue weighted by molar-refractivity contribution is 6.35. The molecule has 2 fully saturated rings. The van der Waals surface area contributed by atoms with Crippen LogP contribution in [-0.2, 0) is 29.5 Å². The van der Waals surface area contributed by atoms with Gasteiger partial charge in [-0.1, -0.05) is 23.7 Å². The van der Waals surface area contributed by atoms with Gasteiger partial charge in [0.1, 0.15) is 5.54 Å². The molecule has 3 heterocycles. The van der Waals surface area contributed by atoms with Gasteiger partial charge in [-0.2, -0.15) is 0 Å². The summed E-state index contributed by atoms with van der Waals surface area (Å²) in [5.41, 5.74) is -0.569. The van der Waals surface area contributed by atoms with Gasteiger partial charge in [0, 0.05) is 25.1 Å². The summed E-state index contributed by atoms with van der Waals surface area (Å²) >= 11 is 6.24. The first kappa shape index (κ1) is 19.8. The fourth-order valence-corrected chi connectivity index (χ4v) is 5.01. The van der Waals surface area contributed by atoms with Crippen LogP contribution in [-0.4, -0.2) is 60.0 Å². The number of hydrogen-bond donors (Lipinski definition) is 3. The lowest BCUT2D eigenvalue weighted by Gasteiger charge is -2.29. The van der Waals surface area contributed by atoms with Crippen LogP contribution in [0.15, 0.2) is 18.2 Å². The summed E-state index contributed by atoms with van der Waals surface area (Å²) in [6.45, 7) is 0.249. The quantitative estimate of drug-likeness (QED) is 0.573. The molecule has 4 atom stereocenters. The van der Waals surface area contributed by atoms with Crippen LogP contribution in [0.25, 0.3) is 0 Å². The molecule has 9 nitrogen and oxygen atoms in total. The standard InChI is InChI=1S/C19H20ClN3O6/c1-29-8-7-23-16(26)13-11(5-6-12(24)25)22-19(14(13)17(23)27)9-3-2-4-10(20)15(9)21-18(19)28/h2-4,11,13-14,22H,5-8H2,1H3,(H,21,28)(H,24,25)/t11-,13+,14-,19+/m0/s1. The molecule has 4 rings (SSSR count). The van der Waals surface area contributed by atoms with E-state index >= 15 is 0 Å². The highest BCUT2D eigenvalue weighted by Gasteiger charge is 2.70. The van der Waals surface area contributed by atoms with Crippen molar-refractivity contribution in [2.45, 2.75) is 24.4 Å². The number of nitrogens with zero attached hydrogens (tertiary/aromatic N) is 1. The topological polar surface area (TPSA) is 125 Å². The molecule has 29 heavy (non-hydrogen) atoms. The van der Waals surface area contributed by atoms with Gasteiger partial charge in [0.05, 0.1) is 35.7 Å². The predicted octanol–water partition coefficient (Wildman–Crippen LogP) is 0.572. The summed E-state index contributed by atoms with van der Waals surface area (Å²) in [5, 5.41) is 15.3. The van der Waals surface area contributed by atoms with Crippen LogP contribution in [0.1, 0.15) is 18.4 Å². The molecular weight excluding hydrogens is 402 g/mol. The number of carbonyl (C=O) groups is 4. The largest absolute Gasteiger partial charge is 0.481 e. The molecule has 1 aromatic carbocycles. The second-order valence-corrected chi connectivity index (χ2v) is 7.84. The van der Waals surface area contributed by atoms with E-state index in [0.29, 0.717) is 16.3 Å². The number of benzene rings is 1. The molecule has 0 aromatic heterocycles. The first-order chi connectivity index (χ1) is 13.8. The number of imide groups is 1. The van der Waals surface area contributed by atoms with Crippen molar-refractivity contribution in [3.05, 3.63) is 28.8 Å². The molecule has 1 spiro atoms. The minimum absolute atomic E-state index is 0.0763. The van der Waals surface area contributed by atoms with Gasteiger partial charge in [-0.05, 0) is 12.5 Å². The second-order valence-electron chi connectivity index (χ2n) is 7.43. The van der Waals surface area contributed by atoms with Gasteiger partial charge in [0.15, 0.2) is 0 Å². The average molecular weight is 422 g/mol. The number of carboxylic acids is 1. The number of aliphatic carboxylic acids is 1. The fraction of sp³-hybridized carbons (Fsp3) is 0.474. The summed E-state index contributed by atoms with van der Waals surface area (Å²) in [4.78, 5) is 51.7. The van der Waals surface area contributed by atoms with Crippen molar-refractivity contribution in [3.8, 4) is 0 Å². The van der Waals surface area contributed by atoms with Crippen LogP contribution < -0.4 is 10.6 Å². The van der Waals surface area contributed by atoms with E-state index in [9.17, 15) is 19.2 Å². The molecule has 3 aliphatic rings. The number of hydrogen-bond acceptors (Lipinski definition) is 6. The zero-order valence-corrected chi connectivity index (χ0v) is 16.4. The van der Waals surface area contributed by atoms with Crippen LogP contribution in [0.5, 0.6) is 0 Å². The fourth-order valence-electron chi connectivity index (χ4n) is 4.78.